The first-order valence-corrected chi connectivity index (χ1v) is 4.06. The number of hydrogen-bond donors (Lipinski definition) is 1. The fourth-order valence-electron chi connectivity index (χ4n) is 0.779. The molecule has 0 bridgehead atoms. The Balaban J connectivity index is 3.33. The Bertz CT molecular complexity index is 384. The largest absolute Gasteiger partial charge is 0.478 e. The third kappa shape index (κ3) is 1.93. The Hall–Kier alpha value is -0.940. The van der Waals surface area contributed by atoms with Gasteiger partial charge in [-0.1, -0.05) is 23.2 Å². The summed E-state index contributed by atoms with van der Waals surface area (Å²) in [5.41, 5.74) is -1.12. The van der Waals surface area contributed by atoms with Crippen molar-refractivity contribution in [2.75, 3.05) is 0 Å². The fraction of sp³-hybridized carbons (Fsp3) is 0.143. The van der Waals surface area contributed by atoms with Crippen LogP contribution in [-0.4, -0.2) is 16.1 Å². The van der Waals surface area contributed by atoms with Crippen molar-refractivity contribution in [1.82, 2.24) is 4.98 Å². The molecule has 0 saturated carbocycles. The van der Waals surface area contributed by atoms with E-state index in [0.29, 0.717) is 0 Å². The Morgan fingerprint density at radius 2 is 2.00 bits per heavy atom. The van der Waals surface area contributed by atoms with E-state index in [2.05, 4.69) is 4.98 Å². The molecule has 1 N–H and O–H groups in total. The van der Waals surface area contributed by atoms with Gasteiger partial charge in [-0.25, -0.2) is 13.6 Å². The molecule has 0 radical (unpaired) electrons. The zero-order chi connectivity index (χ0) is 10.9. The van der Waals surface area contributed by atoms with Crippen LogP contribution in [0.15, 0.2) is 6.20 Å². The first-order chi connectivity index (χ1) is 6.45. The molecule has 0 aliphatic rings. The van der Waals surface area contributed by atoms with Gasteiger partial charge in [0.05, 0.1) is 15.6 Å². The molecule has 0 saturated heterocycles. The maximum Gasteiger partial charge on any atom is 0.338 e. The van der Waals surface area contributed by atoms with Crippen LogP contribution in [0.4, 0.5) is 8.78 Å². The van der Waals surface area contributed by atoms with Crippen molar-refractivity contribution >= 4 is 29.2 Å². The summed E-state index contributed by atoms with van der Waals surface area (Å²) < 4.78 is 24.4. The quantitative estimate of drug-likeness (QED) is 0.866. The van der Waals surface area contributed by atoms with Gasteiger partial charge < -0.3 is 5.11 Å². The summed E-state index contributed by atoms with van der Waals surface area (Å²) in [5.74, 6) is -1.37. The van der Waals surface area contributed by atoms with E-state index in [-0.39, 0.29) is 0 Å². The molecule has 1 rings (SSSR count). The number of nitrogens with zero attached hydrogens (tertiary/aromatic N) is 1. The normalized spacial score (nSPS) is 10.6. The number of alkyl halides is 2. The third-order valence-electron chi connectivity index (χ3n) is 1.42. The van der Waals surface area contributed by atoms with Gasteiger partial charge in [0.2, 0.25) is 0 Å². The topological polar surface area (TPSA) is 50.2 Å². The summed E-state index contributed by atoms with van der Waals surface area (Å²) in [5, 5.41) is 7.60. The molecule has 0 aromatic carbocycles. The fourth-order valence-corrected chi connectivity index (χ4v) is 1.24. The minimum Gasteiger partial charge on any atom is -0.478 e. The van der Waals surface area contributed by atoms with Gasteiger partial charge in [0.15, 0.2) is 0 Å². The van der Waals surface area contributed by atoms with E-state index in [9.17, 15) is 13.6 Å². The highest BCUT2D eigenvalue weighted by Gasteiger charge is 2.21. The number of pyridine rings is 1. The molecule has 14 heavy (non-hydrogen) atoms. The third-order valence-corrected chi connectivity index (χ3v) is 2.30. The number of hydrogen-bond acceptors (Lipinski definition) is 2. The molecule has 0 unspecified atom stereocenters. The second-order valence-corrected chi connectivity index (χ2v) is 3.05. The van der Waals surface area contributed by atoms with Gasteiger partial charge in [-0.15, -0.1) is 0 Å². The zero-order valence-electron chi connectivity index (χ0n) is 6.47. The number of carboxylic acids is 1. The van der Waals surface area contributed by atoms with Gasteiger partial charge in [0.25, 0.3) is 6.43 Å². The summed E-state index contributed by atoms with van der Waals surface area (Å²) in [6, 6.07) is 0. The van der Waals surface area contributed by atoms with Crippen molar-refractivity contribution in [2.24, 2.45) is 0 Å². The van der Waals surface area contributed by atoms with Crippen LogP contribution in [0.3, 0.4) is 0 Å². The molecule has 0 amide bonds. The minimum absolute atomic E-state index is 0.402. The van der Waals surface area contributed by atoms with Crippen LogP contribution in [0.5, 0.6) is 0 Å². The van der Waals surface area contributed by atoms with Gasteiger partial charge in [-0.3, -0.25) is 4.98 Å². The standard InChI is InChI=1S/C7H3Cl2F2NO2/c8-3-2(7(13)14)1-12-5(4(3)9)6(10)11/h1,6H,(H,13,14). The maximum atomic E-state index is 12.2. The molecule has 1 aromatic rings. The summed E-state index contributed by atoms with van der Waals surface area (Å²) in [7, 11) is 0. The zero-order valence-corrected chi connectivity index (χ0v) is 7.98. The van der Waals surface area contributed by atoms with Crippen LogP contribution in [0.25, 0.3) is 0 Å². The summed E-state index contributed by atoms with van der Waals surface area (Å²) >= 11 is 10.9. The number of carbonyl (C=O) groups is 1. The predicted molar refractivity (Wildman–Crippen MR) is 46.2 cm³/mol. The monoisotopic (exact) mass is 241 g/mol. The van der Waals surface area contributed by atoms with Crippen LogP contribution < -0.4 is 0 Å². The molecule has 0 spiro atoms. The van der Waals surface area contributed by atoms with Crippen LogP contribution in [0.1, 0.15) is 22.5 Å². The number of halogens is 4. The van der Waals surface area contributed by atoms with E-state index in [1.54, 1.807) is 0 Å². The predicted octanol–water partition coefficient (Wildman–Crippen LogP) is 3.02. The highest BCUT2D eigenvalue weighted by atomic mass is 35.5. The lowest BCUT2D eigenvalue weighted by Crippen LogP contribution is -2.02. The van der Waals surface area contributed by atoms with E-state index >= 15 is 0 Å². The smallest absolute Gasteiger partial charge is 0.338 e. The molecular weight excluding hydrogens is 239 g/mol. The Labute approximate surface area is 87.3 Å². The lowest BCUT2D eigenvalue weighted by molar-refractivity contribution is 0.0696. The maximum absolute atomic E-state index is 12.2. The molecule has 0 aliphatic carbocycles. The first kappa shape index (κ1) is 11.1. The number of carboxylic acid groups (broad SMARTS) is 1. The summed E-state index contributed by atoms with van der Waals surface area (Å²) in [6.45, 7) is 0. The number of aromatic nitrogens is 1. The highest BCUT2D eigenvalue weighted by molar-refractivity contribution is 6.44. The lowest BCUT2D eigenvalue weighted by Gasteiger charge is -2.05. The molecule has 0 aliphatic heterocycles. The van der Waals surface area contributed by atoms with E-state index in [0.717, 1.165) is 6.20 Å². The summed E-state index contributed by atoms with van der Waals surface area (Å²) in [4.78, 5) is 13.7. The van der Waals surface area contributed by atoms with Crippen LogP contribution >= 0.6 is 23.2 Å². The second kappa shape index (κ2) is 4.06. The SMILES string of the molecule is O=C(O)c1cnc(C(F)F)c(Cl)c1Cl. The highest BCUT2D eigenvalue weighted by Crippen LogP contribution is 2.32. The van der Waals surface area contributed by atoms with Crippen molar-refractivity contribution in [2.45, 2.75) is 6.43 Å². The Morgan fingerprint density at radius 1 is 1.43 bits per heavy atom. The van der Waals surface area contributed by atoms with Crippen LogP contribution in [0, 0.1) is 0 Å². The van der Waals surface area contributed by atoms with Crippen molar-refractivity contribution in [3.8, 4) is 0 Å². The second-order valence-electron chi connectivity index (χ2n) is 2.29. The lowest BCUT2D eigenvalue weighted by atomic mass is 10.2. The van der Waals surface area contributed by atoms with Gasteiger partial charge in [0, 0.05) is 6.20 Å². The summed E-state index contributed by atoms with van der Waals surface area (Å²) in [6.07, 6.45) is -2.14. The molecular formula is C7H3Cl2F2NO2. The minimum atomic E-state index is -2.89. The molecule has 1 heterocycles. The number of rotatable bonds is 2. The van der Waals surface area contributed by atoms with Crippen molar-refractivity contribution < 1.29 is 18.7 Å². The van der Waals surface area contributed by atoms with Gasteiger partial charge in [-0.2, -0.15) is 0 Å². The van der Waals surface area contributed by atoms with Crippen molar-refractivity contribution in [3.63, 3.8) is 0 Å². The molecule has 0 atom stereocenters. The van der Waals surface area contributed by atoms with Gasteiger partial charge >= 0.3 is 5.97 Å². The number of aromatic carboxylic acids is 1. The van der Waals surface area contributed by atoms with Crippen molar-refractivity contribution in [1.29, 1.82) is 0 Å². The average Bonchev–Trinajstić information content (AvgIpc) is 2.08. The van der Waals surface area contributed by atoms with E-state index in [1.807, 2.05) is 0 Å². The van der Waals surface area contributed by atoms with E-state index < -0.39 is 33.7 Å². The van der Waals surface area contributed by atoms with E-state index in [4.69, 9.17) is 28.3 Å². The molecule has 7 heteroatoms. The molecule has 0 fully saturated rings. The Morgan fingerprint density at radius 3 is 2.43 bits per heavy atom. The average molecular weight is 242 g/mol. The van der Waals surface area contributed by atoms with Crippen LogP contribution in [-0.2, 0) is 0 Å². The molecule has 1 aromatic heterocycles. The van der Waals surface area contributed by atoms with Gasteiger partial charge in [0.1, 0.15) is 5.69 Å². The Kier molecular flexibility index (Phi) is 3.23. The van der Waals surface area contributed by atoms with Crippen molar-refractivity contribution in [3.05, 3.63) is 27.5 Å². The van der Waals surface area contributed by atoms with E-state index in [1.165, 1.54) is 0 Å². The molecule has 76 valence electrons. The molecule has 3 nitrogen and oxygen atoms in total. The van der Waals surface area contributed by atoms with Gasteiger partial charge in [-0.05, 0) is 0 Å². The first-order valence-electron chi connectivity index (χ1n) is 3.30. The van der Waals surface area contributed by atoms with Crippen LogP contribution in [0.2, 0.25) is 10.0 Å².